The van der Waals surface area contributed by atoms with Gasteiger partial charge < -0.3 is 5.32 Å². The lowest BCUT2D eigenvalue weighted by Gasteiger charge is -2.09. The summed E-state index contributed by atoms with van der Waals surface area (Å²) in [6.45, 7) is 0.724. The lowest BCUT2D eigenvalue weighted by molar-refractivity contribution is -0.124. The van der Waals surface area contributed by atoms with Crippen molar-refractivity contribution in [1.82, 2.24) is 25.5 Å². The van der Waals surface area contributed by atoms with E-state index < -0.39 is 0 Å². The Morgan fingerprint density at radius 3 is 3.04 bits per heavy atom. The molecule has 23 heavy (non-hydrogen) atoms. The Morgan fingerprint density at radius 2 is 2.26 bits per heavy atom. The van der Waals surface area contributed by atoms with E-state index in [1.165, 1.54) is 12.8 Å². The minimum Gasteiger partial charge on any atom is -0.356 e. The highest BCUT2D eigenvalue weighted by Gasteiger charge is 2.21. The fourth-order valence-electron chi connectivity index (χ4n) is 2.72. The monoisotopic (exact) mass is 331 g/mol. The lowest BCUT2D eigenvalue weighted by atomic mass is 10.1. The first-order chi connectivity index (χ1) is 11.3. The number of amides is 1. The molecule has 6 nitrogen and oxygen atoms in total. The number of carbonyl (C=O) groups excluding carboxylic acids is 1. The number of H-pyrrole nitrogens is 1. The molecule has 1 aliphatic rings. The number of pyridine rings is 1. The molecule has 0 bridgehead atoms. The Bertz CT molecular complexity index is 624. The standard InChI is InChI=1S/C16H21N5OS/c22-15(12-5-1-2-6-12)18-9-4-10-23-16-19-14(20-21-16)13-7-3-8-17-11-13/h3,7-8,11-12H,1-2,4-6,9-10H2,(H,18,22)(H,19,20,21). The summed E-state index contributed by atoms with van der Waals surface area (Å²) in [6.07, 6.45) is 8.89. The number of aromatic nitrogens is 4. The van der Waals surface area contributed by atoms with Crippen LogP contribution in [-0.2, 0) is 4.79 Å². The topological polar surface area (TPSA) is 83.6 Å². The van der Waals surface area contributed by atoms with Crippen LogP contribution in [0.25, 0.3) is 11.4 Å². The van der Waals surface area contributed by atoms with E-state index in [1.807, 2.05) is 12.1 Å². The van der Waals surface area contributed by atoms with Gasteiger partial charge in [0.15, 0.2) is 5.82 Å². The second-order valence-electron chi connectivity index (χ2n) is 5.68. The fraction of sp³-hybridized carbons (Fsp3) is 0.500. The van der Waals surface area contributed by atoms with Gasteiger partial charge in [-0.1, -0.05) is 24.6 Å². The first-order valence-corrected chi connectivity index (χ1v) is 9.05. The zero-order chi connectivity index (χ0) is 15.9. The number of nitrogens with one attached hydrogen (secondary N) is 2. The molecule has 0 unspecified atom stereocenters. The number of hydrogen-bond acceptors (Lipinski definition) is 5. The Hall–Kier alpha value is -1.89. The first-order valence-electron chi connectivity index (χ1n) is 8.06. The number of rotatable bonds is 7. The maximum atomic E-state index is 11.9. The molecule has 0 aromatic carbocycles. The van der Waals surface area contributed by atoms with Crippen LogP contribution in [0.15, 0.2) is 29.7 Å². The van der Waals surface area contributed by atoms with Gasteiger partial charge >= 0.3 is 0 Å². The molecule has 3 rings (SSSR count). The van der Waals surface area contributed by atoms with Gasteiger partial charge in [0.2, 0.25) is 11.1 Å². The van der Waals surface area contributed by atoms with Crippen molar-refractivity contribution in [3.8, 4) is 11.4 Å². The summed E-state index contributed by atoms with van der Waals surface area (Å²) >= 11 is 1.59. The fourth-order valence-corrected chi connectivity index (χ4v) is 3.46. The van der Waals surface area contributed by atoms with Crippen LogP contribution < -0.4 is 5.32 Å². The molecule has 0 saturated heterocycles. The number of carbonyl (C=O) groups is 1. The molecule has 1 aliphatic carbocycles. The van der Waals surface area contributed by atoms with Crippen molar-refractivity contribution >= 4 is 17.7 Å². The van der Waals surface area contributed by atoms with Crippen molar-refractivity contribution in [3.63, 3.8) is 0 Å². The largest absolute Gasteiger partial charge is 0.356 e. The van der Waals surface area contributed by atoms with Gasteiger partial charge in [0, 0.05) is 36.2 Å². The second kappa shape index (κ2) is 8.10. The maximum Gasteiger partial charge on any atom is 0.223 e. The van der Waals surface area contributed by atoms with Crippen LogP contribution in [0.3, 0.4) is 0 Å². The van der Waals surface area contributed by atoms with E-state index in [9.17, 15) is 4.79 Å². The second-order valence-corrected chi connectivity index (χ2v) is 6.74. The predicted octanol–water partition coefficient (Wildman–Crippen LogP) is 2.66. The average Bonchev–Trinajstić information content (AvgIpc) is 3.27. The van der Waals surface area contributed by atoms with Crippen LogP contribution in [0.2, 0.25) is 0 Å². The summed E-state index contributed by atoms with van der Waals surface area (Å²) < 4.78 is 0. The molecule has 0 spiro atoms. The quantitative estimate of drug-likeness (QED) is 0.602. The van der Waals surface area contributed by atoms with Crippen LogP contribution in [0.1, 0.15) is 32.1 Å². The van der Waals surface area contributed by atoms with Crippen molar-refractivity contribution in [2.75, 3.05) is 12.3 Å². The van der Waals surface area contributed by atoms with E-state index in [0.717, 1.165) is 48.1 Å². The van der Waals surface area contributed by atoms with Crippen molar-refractivity contribution in [1.29, 1.82) is 0 Å². The summed E-state index contributed by atoms with van der Waals surface area (Å²) in [6, 6.07) is 3.82. The average molecular weight is 331 g/mol. The Labute approximate surface area is 139 Å². The lowest BCUT2D eigenvalue weighted by Crippen LogP contribution is -2.30. The first kappa shape index (κ1) is 16.0. The van der Waals surface area contributed by atoms with E-state index in [0.29, 0.717) is 0 Å². The highest BCUT2D eigenvalue weighted by molar-refractivity contribution is 7.99. The third-order valence-corrected chi connectivity index (χ3v) is 4.91. The maximum absolute atomic E-state index is 11.9. The zero-order valence-electron chi connectivity index (χ0n) is 13.0. The van der Waals surface area contributed by atoms with Crippen LogP contribution in [-0.4, -0.2) is 38.4 Å². The minimum absolute atomic E-state index is 0.226. The number of aromatic amines is 1. The van der Waals surface area contributed by atoms with Crippen molar-refractivity contribution < 1.29 is 4.79 Å². The molecule has 1 fully saturated rings. The smallest absolute Gasteiger partial charge is 0.223 e. The number of nitrogens with zero attached hydrogens (tertiary/aromatic N) is 3. The molecule has 0 atom stereocenters. The van der Waals surface area contributed by atoms with Crippen LogP contribution >= 0.6 is 11.8 Å². The van der Waals surface area contributed by atoms with Gasteiger partial charge in [0.05, 0.1) is 0 Å². The van der Waals surface area contributed by atoms with Crippen LogP contribution in [0.4, 0.5) is 0 Å². The summed E-state index contributed by atoms with van der Waals surface area (Å²) in [7, 11) is 0. The highest BCUT2D eigenvalue weighted by Crippen LogP contribution is 2.24. The molecule has 2 N–H and O–H groups in total. The number of hydrogen-bond donors (Lipinski definition) is 2. The van der Waals surface area contributed by atoms with Crippen molar-refractivity contribution in [3.05, 3.63) is 24.5 Å². The molecule has 0 radical (unpaired) electrons. The normalized spacial score (nSPS) is 15.0. The molecule has 7 heteroatoms. The Morgan fingerprint density at radius 1 is 1.39 bits per heavy atom. The van der Waals surface area contributed by atoms with Gasteiger partial charge in [-0.2, -0.15) is 0 Å². The molecular weight excluding hydrogens is 310 g/mol. The Balaban J connectivity index is 1.36. The van der Waals surface area contributed by atoms with Gasteiger partial charge in [-0.3, -0.25) is 14.9 Å². The predicted molar refractivity (Wildman–Crippen MR) is 89.9 cm³/mol. The molecule has 2 heterocycles. The van der Waals surface area contributed by atoms with Crippen LogP contribution in [0.5, 0.6) is 0 Å². The van der Waals surface area contributed by atoms with E-state index in [2.05, 4.69) is 25.5 Å². The molecule has 2 aromatic heterocycles. The molecule has 1 amide bonds. The SMILES string of the molecule is O=C(NCCCSc1n[nH]c(-c2cccnc2)n1)C1CCCC1. The Kier molecular flexibility index (Phi) is 5.63. The van der Waals surface area contributed by atoms with E-state index in [4.69, 9.17) is 0 Å². The van der Waals surface area contributed by atoms with Gasteiger partial charge in [-0.05, 0) is 31.4 Å². The molecule has 2 aromatic rings. The minimum atomic E-state index is 0.226. The number of thioether (sulfide) groups is 1. The summed E-state index contributed by atoms with van der Waals surface area (Å²) in [5, 5.41) is 10.9. The summed E-state index contributed by atoms with van der Waals surface area (Å²) in [4.78, 5) is 20.4. The van der Waals surface area contributed by atoms with E-state index in [-0.39, 0.29) is 11.8 Å². The summed E-state index contributed by atoms with van der Waals surface area (Å²) in [5.41, 5.74) is 0.927. The summed E-state index contributed by atoms with van der Waals surface area (Å²) in [5.74, 6) is 2.09. The third kappa shape index (κ3) is 4.54. The third-order valence-electron chi connectivity index (χ3n) is 3.98. The van der Waals surface area contributed by atoms with E-state index in [1.54, 1.807) is 24.2 Å². The van der Waals surface area contributed by atoms with Crippen molar-refractivity contribution in [2.45, 2.75) is 37.3 Å². The van der Waals surface area contributed by atoms with E-state index >= 15 is 0 Å². The van der Waals surface area contributed by atoms with Gasteiger partial charge in [0.1, 0.15) is 0 Å². The zero-order valence-corrected chi connectivity index (χ0v) is 13.8. The van der Waals surface area contributed by atoms with Crippen LogP contribution in [0, 0.1) is 5.92 Å². The van der Waals surface area contributed by atoms with Gasteiger partial charge in [-0.15, -0.1) is 5.10 Å². The van der Waals surface area contributed by atoms with Gasteiger partial charge in [0.25, 0.3) is 0 Å². The molecular formula is C16H21N5OS. The molecule has 1 saturated carbocycles. The van der Waals surface area contributed by atoms with Crippen molar-refractivity contribution in [2.24, 2.45) is 5.92 Å². The molecule has 122 valence electrons. The molecule has 0 aliphatic heterocycles. The van der Waals surface area contributed by atoms with Gasteiger partial charge in [-0.25, -0.2) is 4.98 Å². The highest BCUT2D eigenvalue weighted by atomic mass is 32.2.